The van der Waals surface area contributed by atoms with Crippen molar-refractivity contribution >= 4 is 34.4 Å². The Bertz CT molecular complexity index is 1260. The summed E-state index contributed by atoms with van der Waals surface area (Å²) in [5, 5.41) is 7.08. The Hall–Kier alpha value is -3.18. The highest BCUT2D eigenvalue weighted by atomic mass is 16.5. The van der Waals surface area contributed by atoms with Crippen molar-refractivity contribution in [1.82, 2.24) is 20.0 Å². The molecule has 252 valence electrons. The summed E-state index contributed by atoms with van der Waals surface area (Å²) in [6.07, 6.45) is 8.14. The lowest BCUT2D eigenvalue weighted by molar-refractivity contribution is -0.0301. The number of rotatable bonds is 20. The van der Waals surface area contributed by atoms with Gasteiger partial charge in [-0.25, -0.2) is 20.0 Å². The van der Waals surface area contributed by atoms with Crippen LogP contribution in [-0.4, -0.2) is 95.8 Å². The first-order valence-electron chi connectivity index (χ1n) is 17.2. The van der Waals surface area contributed by atoms with Gasteiger partial charge in [-0.15, -0.1) is 0 Å². The normalized spacial score (nSPS) is 16.0. The molecule has 2 aliphatic rings. The molecule has 10 nitrogen and oxygen atoms in total. The molecule has 2 heterocycles. The number of hydrogen-bond acceptors (Lipinski definition) is 8. The smallest absolute Gasteiger partial charge is 0.276 e. The molecule has 2 atom stereocenters. The van der Waals surface area contributed by atoms with Crippen LogP contribution in [0, 0.1) is 0 Å². The molecular weight excluding hydrogens is 584 g/mol. The van der Waals surface area contributed by atoms with Gasteiger partial charge in [0.1, 0.15) is 0 Å². The van der Waals surface area contributed by atoms with Crippen LogP contribution in [-0.2, 0) is 9.47 Å². The van der Waals surface area contributed by atoms with Gasteiger partial charge < -0.3 is 9.47 Å². The predicted molar refractivity (Wildman–Crippen MR) is 179 cm³/mol. The third-order valence-corrected chi connectivity index (χ3v) is 9.24. The van der Waals surface area contributed by atoms with E-state index in [4.69, 9.17) is 9.47 Å². The van der Waals surface area contributed by atoms with Gasteiger partial charge in [0.25, 0.3) is 23.6 Å². The number of unbranched alkanes of at least 4 members (excludes halogenated alkanes) is 5. The van der Waals surface area contributed by atoms with Crippen LogP contribution >= 0.6 is 0 Å². The highest BCUT2D eigenvalue weighted by Crippen LogP contribution is 2.39. The van der Waals surface area contributed by atoms with Gasteiger partial charge in [0.2, 0.25) is 0 Å². The van der Waals surface area contributed by atoms with Crippen LogP contribution in [0.4, 0.5) is 0 Å². The van der Waals surface area contributed by atoms with Crippen molar-refractivity contribution in [3.63, 3.8) is 0 Å². The highest BCUT2D eigenvalue weighted by molar-refractivity contribution is 6.33. The predicted octanol–water partition coefficient (Wildman–Crippen LogP) is 6.48. The second-order valence-corrected chi connectivity index (χ2v) is 12.5. The van der Waals surface area contributed by atoms with Gasteiger partial charge in [0, 0.05) is 62.9 Å². The van der Waals surface area contributed by atoms with Crippen LogP contribution in [0.5, 0.6) is 0 Å². The van der Waals surface area contributed by atoms with E-state index in [9.17, 15) is 19.2 Å². The number of carbonyl (C=O) groups excluding carboxylic acids is 4. The first kappa shape index (κ1) is 35.7. The average Bonchev–Trinajstić information content (AvgIpc) is 3.05. The molecule has 0 spiro atoms. The van der Waals surface area contributed by atoms with Gasteiger partial charge in [-0.3, -0.25) is 19.2 Å². The van der Waals surface area contributed by atoms with Gasteiger partial charge >= 0.3 is 0 Å². The molecule has 0 aromatic heterocycles. The number of ether oxygens (including phenoxy) is 2. The molecule has 4 amide bonds. The quantitative estimate of drug-likeness (QED) is 0.120. The Morgan fingerprint density at radius 3 is 1.39 bits per heavy atom. The molecule has 10 heteroatoms. The number of imide groups is 2. The van der Waals surface area contributed by atoms with Gasteiger partial charge in [0.05, 0.1) is 22.3 Å². The average molecular weight is 637 g/mol. The van der Waals surface area contributed by atoms with E-state index in [2.05, 4.69) is 13.8 Å². The molecule has 0 bridgehead atoms. The molecule has 0 aliphatic carbocycles. The first-order valence-corrected chi connectivity index (χ1v) is 17.2. The fourth-order valence-corrected chi connectivity index (χ4v) is 6.56. The molecule has 2 aliphatic heterocycles. The zero-order valence-corrected chi connectivity index (χ0v) is 28.6. The highest BCUT2D eigenvalue weighted by Gasteiger charge is 2.44. The topological polar surface area (TPSA) is 99.7 Å². The number of hydrogen-bond donors (Lipinski definition) is 0. The minimum Gasteiger partial charge on any atom is -0.385 e. The summed E-state index contributed by atoms with van der Waals surface area (Å²) in [4.78, 5) is 56.7. The Morgan fingerprint density at radius 1 is 0.609 bits per heavy atom. The van der Waals surface area contributed by atoms with E-state index < -0.39 is 23.6 Å². The zero-order chi connectivity index (χ0) is 33.4. The van der Waals surface area contributed by atoms with E-state index in [0.29, 0.717) is 78.8 Å². The SMILES string of the molecule is CCCCCCN(C(C)CCOC)N1C(=O)c2ccc3c4c(ccc(c24)C1=O)C(=O)N(N(CCCCC)C(C)CCOCC)C3=O. The van der Waals surface area contributed by atoms with Crippen molar-refractivity contribution in [3.05, 3.63) is 46.5 Å². The first-order chi connectivity index (χ1) is 22.2. The summed E-state index contributed by atoms with van der Waals surface area (Å²) in [6, 6.07) is 6.35. The van der Waals surface area contributed by atoms with Crippen molar-refractivity contribution in [2.24, 2.45) is 0 Å². The summed E-state index contributed by atoms with van der Waals surface area (Å²) in [5.41, 5.74) is 1.30. The van der Waals surface area contributed by atoms with Crippen LogP contribution in [0.1, 0.15) is 134 Å². The maximum absolute atomic E-state index is 14.2. The summed E-state index contributed by atoms with van der Waals surface area (Å²) < 4.78 is 10.9. The van der Waals surface area contributed by atoms with Crippen molar-refractivity contribution in [1.29, 1.82) is 0 Å². The number of benzene rings is 2. The minimum atomic E-state index is -0.436. The maximum atomic E-state index is 14.2. The van der Waals surface area contributed by atoms with Crippen molar-refractivity contribution < 1.29 is 28.7 Å². The standard InChI is InChI=1S/C36H52N4O6/c1-7-10-12-14-22-38(25(4)19-23-45-6)40-35(43)29-17-15-27-31-28(16-18-30(32(29)31)36(40)44)34(42)39(33(27)41)37(21-13-11-8-2)26(5)20-24-46-9-3/h15-18,25-26H,7-14,19-24H2,1-6H3. The number of nitrogens with zero attached hydrogens (tertiary/aromatic N) is 4. The van der Waals surface area contributed by atoms with Crippen molar-refractivity contribution in [2.75, 3.05) is 40.0 Å². The van der Waals surface area contributed by atoms with E-state index in [0.717, 1.165) is 44.9 Å². The molecule has 2 aromatic rings. The molecular formula is C36H52N4O6. The van der Waals surface area contributed by atoms with Crippen LogP contribution in [0.15, 0.2) is 24.3 Å². The van der Waals surface area contributed by atoms with E-state index in [1.165, 1.54) is 10.0 Å². The number of carbonyl (C=O) groups is 4. The molecule has 4 rings (SSSR count). The molecule has 2 unspecified atom stereocenters. The third-order valence-electron chi connectivity index (χ3n) is 9.24. The largest absolute Gasteiger partial charge is 0.385 e. The van der Waals surface area contributed by atoms with E-state index in [1.807, 2.05) is 30.8 Å². The number of methoxy groups -OCH3 is 1. The number of hydrazine groups is 2. The van der Waals surface area contributed by atoms with E-state index >= 15 is 0 Å². The molecule has 0 N–H and O–H groups in total. The summed E-state index contributed by atoms with van der Waals surface area (Å²) in [6.45, 7) is 12.9. The molecule has 46 heavy (non-hydrogen) atoms. The number of amides is 4. The monoisotopic (exact) mass is 636 g/mol. The van der Waals surface area contributed by atoms with Crippen LogP contribution in [0.3, 0.4) is 0 Å². The molecule has 0 fully saturated rings. The van der Waals surface area contributed by atoms with Crippen LogP contribution in [0.25, 0.3) is 10.8 Å². The van der Waals surface area contributed by atoms with Gasteiger partial charge in [0.15, 0.2) is 0 Å². The fraction of sp³-hybridized carbons (Fsp3) is 0.611. The fourth-order valence-electron chi connectivity index (χ4n) is 6.56. The second kappa shape index (κ2) is 16.6. The molecule has 0 saturated carbocycles. The molecule has 0 saturated heterocycles. The molecule has 0 radical (unpaired) electrons. The van der Waals surface area contributed by atoms with Crippen molar-refractivity contribution in [3.8, 4) is 0 Å². The lowest BCUT2D eigenvalue weighted by Crippen LogP contribution is -2.57. The lowest BCUT2D eigenvalue weighted by Gasteiger charge is -2.42. The lowest BCUT2D eigenvalue weighted by atomic mass is 9.86. The second-order valence-electron chi connectivity index (χ2n) is 12.5. The Kier molecular flexibility index (Phi) is 12.9. The van der Waals surface area contributed by atoms with Gasteiger partial charge in [-0.1, -0.05) is 46.0 Å². The van der Waals surface area contributed by atoms with Gasteiger partial charge in [-0.2, -0.15) is 0 Å². The zero-order valence-electron chi connectivity index (χ0n) is 28.6. The summed E-state index contributed by atoms with van der Waals surface area (Å²) in [5.74, 6) is -1.74. The van der Waals surface area contributed by atoms with Crippen LogP contribution < -0.4 is 0 Å². The Labute approximate surface area is 273 Å². The third kappa shape index (κ3) is 7.20. The Balaban J connectivity index is 1.74. The molecule has 2 aromatic carbocycles. The summed E-state index contributed by atoms with van der Waals surface area (Å²) in [7, 11) is 1.64. The van der Waals surface area contributed by atoms with Crippen LogP contribution in [0.2, 0.25) is 0 Å². The minimum absolute atomic E-state index is 0.120. The Morgan fingerprint density at radius 2 is 1.00 bits per heavy atom. The summed E-state index contributed by atoms with van der Waals surface area (Å²) >= 11 is 0. The maximum Gasteiger partial charge on any atom is 0.276 e. The van der Waals surface area contributed by atoms with Crippen molar-refractivity contribution in [2.45, 2.75) is 104 Å². The van der Waals surface area contributed by atoms with E-state index in [-0.39, 0.29) is 12.1 Å². The van der Waals surface area contributed by atoms with E-state index in [1.54, 1.807) is 31.4 Å². The van der Waals surface area contributed by atoms with Gasteiger partial charge in [-0.05, 0) is 70.7 Å².